The predicted octanol–water partition coefficient (Wildman–Crippen LogP) is 3.46. The number of fused-ring (bicyclic) bond motifs is 1. The molecule has 4 heteroatoms. The van der Waals surface area contributed by atoms with E-state index in [1.54, 1.807) is 0 Å². The van der Waals surface area contributed by atoms with Crippen LogP contribution in [0.2, 0.25) is 0 Å². The molecule has 0 radical (unpaired) electrons. The fourth-order valence-electron chi connectivity index (χ4n) is 2.46. The van der Waals surface area contributed by atoms with Gasteiger partial charge in [0.1, 0.15) is 17.7 Å². The number of ether oxygens (including phenoxy) is 1. The van der Waals surface area contributed by atoms with Crippen LogP contribution in [-0.2, 0) is 11.2 Å². The van der Waals surface area contributed by atoms with Crippen molar-refractivity contribution in [2.45, 2.75) is 12.5 Å². The first kappa shape index (κ1) is 12.9. The second-order valence-corrected chi connectivity index (χ2v) is 4.72. The Labute approximate surface area is 115 Å². The fraction of sp³-hybridized carbons (Fsp3) is 0.188. The van der Waals surface area contributed by atoms with E-state index >= 15 is 0 Å². The number of ketones is 1. The third-order valence-electron chi connectivity index (χ3n) is 3.38. The van der Waals surface area contributed by atoms with Crippen LogP contribution in [0.1, 0.15) is 27.6 Å². The second-order valence-electron chi connectivity index (χ2n) is 4.72. The normalized spacial score (nSPS) is 17.6. The summed E-state index contributed by atoms with van der Waals surface area (Å²) >= 11 is 0. The highest BCUT2D eigenvalue weighted by molar-refractivity contribution is 6.00. The van der Waals surface area contributed by atoms with Crippen molar-refractivity contribution in [3.8, 4) is 0 Å². The fourth-order valence-corrected chi connectivity index (χ4v) is 2.46. The van der Waals surface area contributed by atoms with E-state index < -0.39 is 23.5 Å². The summed E-state index contributed by atoms with van der Waals surface area (Å²) < 4.78 is 31.9. The van der Waals surface area contributed by atoms with Crippen molar-refractivity contribution in [3.63, 3.8) is 0 Å². The molecule has 0 saturated heterocycles. The van der Waals surface area contributed by atoms with Crippen LogP contribution < -0.4 is 0 Å². The van der Waals surface area contributed by atoms with Gasteiger partial charge in [0.15, 0.2) is 5.78 Å². The number of rotatable bonds is 2. The van der Waals surface area contributed by atoms with Crippen molar-refractivity contribution in [2.24, 2.45) is 0 Å². The van der Waals surface area contributed by atoms with E-state index in [2.05, 4.69) is 0 Å². The molecule has 2 aromatic carbocycles. The Morgan fingerprint density at radius 2 is 1.80 bits per heavy atom. The van der Waals surface area contributed by atoms with Crippen LogP contribution in [-0.4, -0.2) is 12.4 Å². The number of carbonyl (C=O) groups is 1. The number of benzene rings is 2. The number of hydrogen-bond donors (Lipinski definition) is 0. The molecule has 0 saturated carbocycles. The van der Waals surface area contributed by atoms with Gasteiger partial charge in [0, 0.05) is 11.6 Å². The molecular weight excluding hydrogens is 262 g/mol. The first-order valence-electron chi connectivity index (χ1n) is 6.35. The van der Waals surface area contributed by atoms with Crippen molar-refractivity contribution in [1.29, 1.82) is 0 Å². The minimum Gasteiger partial charge on any atom is -0.365 e. The molecule has 1 aliphatic rings. The molecule has 0 aromatic heterocycles. The van der Waals surface area contributed by atoms with Crippen LogP contribution in [0.15, 0.2) is 42.5 Å². The van der Waals surface area contributed by atoms with Crippen molar-refractivity contribution in [3.05, 3.63) is 70.8 Å². The lowest BCUT2D eigenvalue weighted by Crippen LogP contribution is -2.23. The lowest BCUT2D eigenvalue weighted by Gasteiger charge is -2.25. The van der Waals surface area contributed by atoms with Gasteiger partial charge in [0.25, 0.3) is 0 Å². The molecule has 1 aliphatic heterocycles. The summed E-state index contributed by atoms with van der Waals surface area (Å²) in [5.41, 5.74) is 1.80. The zero-order valence-corrected chi connectivity index (χ0v) is 10.6. The molecule has 0 amide bonds. The molecule has 2 nitrogen and oxygen atoms in total. The number of Topliss-reactive ketones (excluding diaryl/α,β-unsaturated/α-hetero) is 1. The maximum atomic E-state index is 13.2. The summed E-state index contributed by atoms with van der Waals surface area (Å²) in [6, 6.07) is 10.3. The molecule has 0 bridgehead atoms. The van der Waals surface area contributed by atoms with Gasteiger partial charge in [-0.25, -0.2) is 8.78 Å². The summed E-state index contributed by atoms with van der Waals surface area (Å²) in [4.78, 5) is 12.4. The summed E-state index contributed by atoms with van der Waals surface area (Å²) in [5, 5.41) is 0. The molecule has 102 valence electrons. The van der Waals surface area contributed by atoms with Crippen molar-refractivity contribution >= 4 is 5.78 Å². The van der Waals surface area contributed by atoms with Crippen molar-refractivity contribution < 1.29 is 18.3 Å². The third kappa shape index (κ3) is 2.34. The van der Waals surface area contributed by atoms with Crippen LogP contribution in [0.5, 0.6) is 0 Å². The maximum Gasteiger partial charge on any atom is 0.196 e. The van der Waals surface area contributed by atoms with Gasteiger partial charge in [-0.1, -0.05) is 24.3 Å². The zero-order valence-electron chi connectivity index (χ0n) is 10.6. The lowest BCUT2D eigenvalue weighted by molar-refractivity contribution is 0.0348. The Morgan fingerprint density at radius 3 is 2.55 bits per heavy atom. The van der Waals surface area contributed by atoms with E-state index in [1.165, 1.54) is 0 Å². The molecule has 1 unspecified atom stereocenters. The van der Waals surface area contributed by atoms with E-state index in [1.807, 2.05) is 24.3 Å². The first-order valence-corrected chi connectivity index (χ1v) is 6.35. The lowest BCUT2D eigenvalue weighted by atomic mass is 9.92. The standard InChI is InChI=1S/C16H12F2O2/c17-12-7-11(8-13(18)9-12)15(19)16-14-4-2-1-3-10(14)5-6-20-16/h1-4,7-9,16H,5-6H2. The molecule has 0 fully saturated rings. The third-order valence-corrected chi connectivity index (χ3v) is 3.38. The van der Waals surface area contributed by atoms with Crippen LogP contribution in [0.4, 0.5) is 8.78 Å². The first-order chi connectivity index (χ1) is 9.65. The van der Waals surface area contributed by atoms with Crippen molar-refractivity contribution in [1.82, 2.24) is 0 Å². The Bertz CT molecular complexity index is 647. The van der Waals surface area contributed by atoms with E-state index in [9.17, 15) is 13.6 Å². The zero-order chi connectivity index (χ0) is 14.1. The van der Waals surface area contributed by atoms with Gasteiger partial charge < -0.3 is 4.74 Å². The van der Waals surface area contributed by atoms with Crippen LogP contribution in [0.3, 0.4) is 0 Å². The van der Waals surface area contributed by atoms with Crippen molar-refractivity contribution in [2.75, 3.05) is 6.61 Å². The molecule has 0 spiro atoms. The minimum atomic E-state index is -0.791. The number of carbonyl (C=O) groups excluding carboxylic acids is 1. The van der Waals surface area contributed by atoms with E-state index in [4.69, 9.17) is 4.74 Å². The largest absolute Gasteiger partial charge is 0.365 e. The summed E-state index contributed by atoms with van der Waals surface area (Å²) in [6.07, 6.45) is -0.0570. The highest BCUT2D eigenvalue weighted by atomic mass is 19.1. The molecule has 20 heavy (non-hydrogen) atoms. The number of halogens is 2. The van der Waals surface area contributed by atoms with Crippen LogP contribution >= 0.6 is 0 Å². The minimum absolute atomic E-state index is 0.01000. The van der Waals surface area contributed by atoms with E-state index in [-0.39, 0.29) is 5.56 Å². The van der Waals surface area contributed by atoms with Gasteiger partial charge in [0.2, 0.25) is 0 Å². The molecular formula is C16H12F2O2. The van der Waals surface area contributed by atoms with Gasteiger partial charge in [-0.15, -0.1) is 0 Å². The summed E-state index contributed by atoms with van der Waals surface area (Å²) in [5.74, 6) is -1.95. The van der Waals surface area contributed by atoms with E-state index in [0.29, 0.717) is 6.61 Å². The molecule has 0 aliphatic carbocycles. The number of hydrogen-bond acceptors (Lipinski definition) is 2. The van der Waals surface area contributed by atoms with Gasteiger partial charge in [-0.05, 0) is 29.7 Å². The van der Waals surface area contributed by atoms with Gasteiger partial charge in [-0.3, -0.25) is 4.79 Å². The SMILES string of the molecule is O=C(c1cc(F)cc(F)c1)C1OCCc2ccccc21. The monoisotopic (exact) mass is 274 g/mol. The second kappa shape index (κ2) is 5.13. The molecule has 1 heterocycles. The summed E-state index contributed by atoms with van der Waals surface area (Å²) in [6.45, 7) is 0.422. The predicted molar refractivity (Wildman–Crippen MR) is 69.5 cm³/mol. The van der Waals surface area contributed by atoms with Gasteiger partial charge >= 0.3 is 0 Å². The molecule has 3 rings (SSSR count). The summed E-state index contributed by atoms with van der Waals surface area (Å²) in [7, 11) is 0. The molecule has 1 atom stereocenters. The Balaban J connectivity index is 1.99. The highest BCUT2D eigenvalue weighted by Crippen LogP contribution is 2.30. The Kier molecular flexibility index (Phi) is 3.32. The average Bonchev–Trinajstić information content (AvgIpc) is 2.45. The maximum absolute atomic E-state index is 13.2. The molecule has 2 aromatic rings. The highest BCUT2D eigenvalue weighted by Gasteiger charge is 2.28. The van der Waals surface area contributed by atoms with Crippen LogP contribution in [0.25, 0.3) is 0 Å². The van der Waals surface area contributed by atoms with Gasteiger partial charge in [0.05, 0.1) is 6.61 Å². The topological polar surface area (TPSA) is 26.3 Å². The average molecular weight is 274 g/mol. The van der Waals surface area contributed by atoms with Crippen LogP contribution in [0, 0.1) is 11.6 Å². The molecule has 0 N–H and O–H groups in total. The Morgan fingerprint density at radius 1 is 1.10 bits per heavy atom. The smallest absolute Gasteiger partial charge is 0.196 e. The van der Waals surface area contributed by atoms with Gasteiger partial charge in [-0.2, -0.15) is 0 Å². The quantitative estimate of drug-likeness (QED) is 0.784. The van der Waals surface area contributed by atoms with E-state index in [0.717, 1.165) is 35.7 Å². The Hall–Kier alpha value is -2.07.